The van der Waals surface area contributed by atoms with E-state index in [0.29, 0.717) is 6.10 Å². The van der Waals surface area contributed by atoms with Crippen molar-refractivity contribution in [1.82, 2.24) is 5.32 Å². The van der Waals surface area contributed by atoms with E-state index in [0.717, 1.165) is 24.5 Å². The van der Waals surface area contributed by atoms with Gasteiger partial charge in [-0.1, -0.05) is 26.7 Å². The normalized spacial score (nSPS) is 27.9. The van der Waals surface area contributed by atoms with E-state index in [1.165, 1.54) is 51.5 Å². The first-order valence-corrected chi connectivity index (χ1v) is 8.52. The van der Waals surface area contributed by atoms with Gasteiger partial charge in [0.2, 0.25) is 0 Å². The summed E-state index contributed by atoms with van der Waals surface area (Å²) >= 11 is 0. The van der Waals surface area contributed by atoms with Crippen LogP contribution in [0, 0.1) is 11.8 Å². The number of hydrogen-bond acceptors (Lipinski definition) is 2. The number of hydrogen-bond donors (Lipinski definition) is 1. The third-order valence-corrected chi connectivity index (χ3v) is 4.38. The topological polar surface area (TPSA) is 21.3 Å². The summed E-state index contributed by atoms with van der Waals surface area (Å²) in [5, 5.41) is 3.77. The summed E-state index contributed by atoms with van der Waals surface area (Å²) in [6.45, 7) is 10.9. The predicted octanol–water partition coefficient (Wildman–Crippen LogP) is 4.39. The molecular formula is C17H35NO. The average molecular weight is 269 g/mol. The Kier molecular flexibility index (Phi) is 8.72. The molecule has 2 heteroatoms. The van der Waals surface area contributed by atoms with E-state index in [1.807, 2.05) is 0 Å². The Hall–Kier alpha value is -0.0800. The number of rotatable bonds is 9. The molecule has 1 fully saturated rings. The molecule has 0 aromatic carbocycles. The average Bonchev–Trinajstić information content (AvgIpc) is 2.38. The predicted molar refractivity (Wildman–Crippen MR) is 83.5 cm³/mol. The van der Waals surface area contributed by atoms with Gasteiger partial charge in [0.15, 0.2) is 0 Å². The molecule has 1 N–H and O–H groups in total. The summed E-state index contributed by atoms with van der Waals surface area (Å²) < 4.78 is 5.76. The Bertz CT molecular complexity index is 217. The maximum Gasteiger partial charge on any atom is 0.0518 e. The summed E-state index contributed by atoms with van der Waals surface area (Å²) in [4.78, 5) is 0. The number of nitrogens with one attached hydrogen (secondary N) is 1. The highest BCUT2D eigenvalue weighted by Gasteiger charge is 2.29. The van der Waals surface area contributed by atoms with Crippen LogP contribution in [-0.2, 0) is 4.74 Å². The zero-order chi connectivity index (χ0) is 14.1. The highest BCUT2D eigenvalue weighted by Crippen LogP contribution is 2.34. The van der Waals surface area contributed by atoms with Gasteiger partial charge in [0.1, 0.15) is 0 Å². The Morgan fingerprint density at radius 1 is 1.11 bits per heavy atom. The monoisotopic (exact) mass is 269 g/mol. The summed E-state index contributed by atoms with van der Waals surface area (Å²) in [6.07, 6.45) is 9.82. The van der Waals surface area contributed by atoms with Crippen LogP contribution in [0.4, 0.5) is 0 Å². The molecule has 0 heterocycles. The fourth-order valence-corrected chi connectivity index (χ4v) is 3.40. The van der Waals surface area contributed by atoms with Crippen LogP contribution in [0.2, 0.25) is 0 Å². The molecule has 1 saturated carbocycles. The molecule has 0 saturated heterocycles. The quantitative estimate of drug-likeness (QED) is 0.670. The van der Waals surface area contributed by atoms with E-state index in [1.54, 1.807) is 0 Å². The molecule has 0 amide bonds. The zero-order valence-electron chi connectivity index (χ0n) is 13.6. The lowest BCUT2D eigenvalue weighted by atomic mass is 9.75. The third kappa shape index (κ3) is 6.76. The summed E-state index contributed by atoms with van der Waals surface area (Å²) in [7, 11) is 0. The Morgan fingerprint density at radius 2 is 1.89 bits per heavy atom. The van der Waals surface area contributed by atoms with E-state index in [4.69, 9.17) is 4.74 Å². The van der Waals surface area contributed by atoms with Gasteiger partial charge in [-0.2, -0.15) is 0 Å². The van der Waals surface area contributed by atoms with Gasteiger partial charge in [-0.3, -0.25) is 0 Å². The van der Waals surface area contributed by atoms with Gasteiger partial charge in [0, 0.05) is 12.6 Å². The third-order valence-electron chi connectivity index (χ3n) is 4.38. The molecule has 2 nitrogen and oxygen atoms in total. The molecule has 0 bridgehead atoms. The second-order valence-corrected chi connectivity index (χ2v) is 6.50. The first kappa shape index (κ1) is 17.0. The van der Waals surface area contributed by atoms with Gasteiger partial charge < -0.3 is 10.1 Å². The standard InChI is InChI=1S/C17H35NO/c1-5-7-15-8-9-17(18-11-6-2)16(13-15)10-12-19-14(3)4/h14-18H,5-13H2,1-4H3. The van der Waals surface area contributed by atoms with Crippen molar-refractivity contribution in [3.63, 3.8) is 0 Å². The molecule has 0 aromatic heterocycles. The molecule has 1 aliphatic carbocycles. The van der Waals surface area contributed by atoms with Crippen LogP contribution < -0.4 is 5.32 Å². The first-order chi connectivity index (χ1) is 9.17. The van der Waals surface area contributed by atoms with Crippen molar-refractivity contribution in [2.75, 3.05) is 13.2 Å². The fraction of sp³-hybridized carbons (Fsp3) is 1.00. The lowest BCUT2D eigenvalue weighted by Gasteiger charge is -2.37. The van der Waals surface area contributed by atoms with Crippen molar-refractivity contribution in [3.8, 4) is 0 Å². The van der Waals surface area contributed by atoms with Crippen molar-refractivity contribution in [2.24, 2.45) is 11.8 Å². The Morgan fingerprint density at radius 3 is 2.53 bits per heavy atom. The van der Waals surface area contributed by atoms with Gasteiger partial charge in [0.25, 0.3) is 0 Å². The van der Waals surface area contributed by atoms with Crippen LogP contribution >= 0.6 is 0 Å². The molecule has 1 aliphatic rings. The van der Waals surface area contributed by atoms with Crippen LogP contribution in [0.25, 0.3) is 0 Å². The smallest absolute Gasteiger partial charge is 0.0518 e. The van der Waals surface area contributed by atoms with E-state index in [-0.39, 0.29) is 0 Å². The van der Waals surface area contributed by atoms with E-state index in [2.05, 4.69) is 33.0 Å². The van der Waals surface area contributed by atoms with Gasteiger partial charge in [0.05, 0.1) is 6.10 Å². The largest absolute Gasteiger partial charge is 0.379 e. The van der Waals surface area contributed by atoms with Crippen molar-refractivity contribution in [1.29, 1.82) is 0 Å². The minimum Gasteiger partial charge on any atom is -0.379 e. The highest BCUT2D eigenvalue weighted by molar-refractivity contribution is 4.84. The molecular weight excluding hydrogens is 234 g/mol. The molecule has 114 valence electrons. The molecule has 3 unspecified atom stereocenters. The van der Waals surface area contributed by atoms with Crippen LogP contribution in [0.15, 0.2) is 0 Å². The van der Waals surface area contributed by atoms with Crippen molar-refractivity contribution in [2.45, 2.75) is 84.8 Å². The minimum atomic E-state index is 0.372. The molecule has 0 spiro atoms. The summed E-state index contributed by atoms with van der Waals surface area (Å²) in [6, 6.07) is 0.740. The summed E-state index contributed by atoms with van der Waals surface area (Å²) in [5.41, 5.74) is 0. The zero-order valence-corrected chi connectivity index (χ0v) is 13.6. The molecule has 1 rings (SSSR count). The maximum absolute atomic E-state index is 5.76. The van der Waals surface area contributed by atoms with E-state index < -0.39 is 0 Å². The second-order valence-electron chi connectivity index (χ2n) is 6.50. The lowest BCUT2D eigenvalue weighted by Crippen LogP contribution is -2.41. The van der Waals surface area contributed by atoms with Crippen LogP contribution in [0.5, 0.6) is 0 Å². The molecule has 19 heavy (non-hydrogen) atoms. The van der Waals surface area contributed by atoms with Crippen LogP contribution in [0.1, 0.15) is 72.6 Å². The van der Waals surface area contributed by atoms with Crippen LogP contribution in [-0.4, -0.2) is 25.3 Å². The molecule has 0 aliphatic heterocycles. The minimum absolute atomic E-state index is 0.372. The SMILES string of the molecule is CCCNC1CCC(CCC)CC1CCOC(C)C. The van der Waals surface area contributed by atoms with E-state index in [9.17, 15) is 0 Å². The molecule has 0 aromatic rings. The highest BCUT2D eigenvalue weighted by atomic mass is 16.5. The van der Waals surface area contributed by atoms with Gasteiger partial charge in [-0.25, -0.2) is 0 Å². The first-order valence-electron chi connectivity index (χ1n) is 8.52. The van der Waals surface area contributed by atoms with Crippen LogP contribution in [0.3, 0.4) is 0 Å². The van der Waals surface area contributed by atoms with E-state index >= 15 is 0 Å². The van der Waals surface area contributed by atoms with Gasteiger partial charge in [-0.05, 0) is 64.3 Å². The fourth-order valence-electron chi connectivity index (χ4n) is 3.40. The van der Waals surface area contributed by atoms with Crippen molar-refractivity contribution in [3.05, 3.63) is 0 Å². The summed E-state index contributed by atoms with van der Waals surface area (Å²) in [5.74, 6) is 1.80. The van der Waals surface area contributed by atoms with Crippen molar-refractivity contribution >= 4 is 0 Å². The molecule has 0 radical (unpaired) electrons. The maximum atomic E-state index is 5.76. The molecule has 3 atom stereocenters. The second kappa shape index (κ2) is 9.77. The van der Waals surface area contributed by atoms with Crippen molar-refractivity contribution < 1.29 is 4.74 Å². The number of ether oxygens (including phenoxy) is 1. The van der Waals surface area contributed by atoms with Gasteiger partial charge >= 0.3 is 0 Å². The lowest BCUT2D eigenvalue weighted by molar-refractivity contribution is 0.0549. The Labute approximate surface area is 120 Å². The van der Waals surface area contributed by atoms with Gasteiger partial charge in [-0.15, -0.1) is 0 Å². The Balaban J connectivity index is 2.40.